The molecule has 100 valence electrons. The molecule has 0 aromatic carbocycles. The fourth-order valence-electron chi connectivity index (χ4n) is 2.05. The van der Waals surface area contributed by atoms with Crippen LogP contribution in [0, 0.1) is 0 Å². The molecule has 1 heterocycles. The van der Waals surface area contributed by atoms with Crippen molar-refractivity contribution >= 4 is 39.3 Å². The van der Waals surface area contributed by atoms with E-state index in [1.54, 1.807) is 6.33 Å². The molecule has 2 N–H and O–H groups in total. The average Bonchev–Trinajstić information content (AvgIpc) is 2.33. The number of rotatable bonds is 6. The van der Waals surface area contributed by atoms with Crippen molar-refractivity contribution in [2.45, 2.75) is 30.9 Å². The molecule has 0 unspecified atom stereocenters. The zero-order valence-electron chi connectivity index (χ0n) is 10.8. The summed E-state index contributed by atoms with van der Waals surface area (Å²) in [6.07, 6.45) is 7.72. The minimum absolute atomic E-state index is 0.405. The SMILES string of the molecule is CCNc1ncnc(NCC2(SC)CCC2)c1Br. The van der Waals surface area contributed by atoms with Crippen molar-refractivity contribution in [2.24, 2.45) is 0 Å². The molecule has 1 aromatic rings. The number of hydrogen-bond donors (Lipinski definition) is 2. The van der Waals surface area contributed by atoms with Crippen LogP contribution in [0.4, 0.5) is 11.6 Å². The zero-order valence-corrected chi connectivity index (χ0v) is 13.2. The number of aromatic nitrogens is 2. The molecule has 0 saturated heterocycles. The molecule has 0 radical (unpaired) electrons. The molecule has 1 aromatic heterocycles. The third kappa shape index (κ3) is 2.91. The smallest absolute Gasteiger partial charge is 0.145 e. The summed E-state index contributed by atoms with van der Waals surface area (Å²) in [5.41, 5.74) is 0. The van der Waals surface area contributed by atoms with Gasteiger partial charge in [-0.2, -0.15) is 11.8 Å². The molecule has 1 saturated carbocycles. The highest BCUT2D eigenvalue weighted by Gasteiger charge is 2.36. The van der Waals surface area contributed by atoms with E-state index in [0.717, 1.165) is 29.2 Å². The highest BCUT2D eigenvalue weighted by molar-refractivity contribution is 9.10. The van der Waals surface area contributed by atoms with E-state index in [9.17, 15) is 0 Å². The van der Waals surface area contributed by atoms with Crippen LogP contribution in [0.1, 0.15) is 26.2 Å². The zero-order chi connectivity index (χ0) is 13.0. The first-order valence-electron chi connectivity index (χ1n) is 6.24. The van der Waals surface area contributed by atoms with Crippen molar-refractivity contribution in [3.63, 3.8) is 0 Å². The molecule has 0 bridgehead atoms. The number of hydrogen-bond acceptors (Lipinski definition) is 5. The summed E-state index contributed by atoms with van der Waals surface area (Å²) < 4.78 is 1.32. The van der Waals surface area contributed by atoms with Crippen molar-refractivity contribution in [3.8, 4) is 0 Å². The average molecular weight is 331 g/mol. The molecule has 1 aliphatic rings. The molecular weight excluding hydrogens is 312 g/mol. The van der Waals surface area contributed by atoms with E-state index in [1.165, 1.54) is 19.3 Å². The van der Waals surface area contributed by atoms with Crippen molar-refractivity contribution < 1.29 is 0 Å². The normalized spacial score (nSPS) is 17.1. The lowest BCUT2D eigenvalue weighted by Gasteiger charge is -2.40. The predicted octanol–water partition coefficient (Wildman–Crippen LogP) is 3.37. The largest absolute Gasteiger partial charge is 0.369 e. The Balaban J connectivity index is 2.02. The maximum absolute atomic E-state index is 4.30. The van der Waals surface area contributed by atoms with E-state index in [2.05, 4.69) is 49.7 Å². The molecular formula is C12H19BrN4S. The topological polar surface area (TPSA) is 49.8 Å². The molecule has 1 aliphatic carbocycles. The van der Waals surface area contributed by atoms with Gasteiger partial charge in [0.25, 0.3) is 0 Å². The first-order chi connectivity index (χ1) is 8.71. The van der Waals surface area contributed by atoms with Gasteiger partial charge in [-0.05, 0) is 42.0 Å². The van der Waals surface area contributed by atoms with Gasteiger partial charge in [0, 0.05) is 17.8 Å². The lowest BCUT2D eigenvalue weighted by Crippen LogP contribution is -2.40. The van der Waals surface area contributed by atoms with Crippen LogP contribution >= 0.6 is 27.7 Å². The molecule has 2 rings (SSSR count). The van der Waals surface area contributed by atoms with Crippen LogP contribution in [-0.2, 0) is 0 Å². The third-order valence-corrected chi connectivity index (χ3v) is 5.58. The Labute approximate surface area is 121 Å². The summed E-state index contributed by atoms with van der Waals surface area (Å²) in [4.78, 5) is 8.51. The van der Waals surface area contributed by atoms with E-state index < -0.39 is 0 Å². The summed E-state index contributed by atoms with van der Waals surface area (Å²) in [6, 6.07) is 0. The quantitative estimate of drug-likeness (QED) is 0.837. The van der Waals surface area contributed by atoms with Crippen LogP contribution in [0.15, 0.2) is 10.8 Å². The Bertz CT molecular complexity index is 404. The van der Waals surface area contributed by atoms with E-state index in [1.807, 2.05) is 11.8 Å². The van der Waals surface area contributed by atoms with Gasteiger partial charge in [-0.25, -0.2) is 9.97 Å². The van der Waals surface area contributed by atoms with Gasteiger partial charge in [0.15, 0.2) is 0 Å². The second kappa shape index (κ2) is 6.10. The maximum Gasteiger partial charge on any atom is 0.145 e. The van der Waals surface area contributed by atoms with Gasteiger partial charge in [-0.3, -0.25) is 0 Å². The van der Waals surface area contributed by atoms with E-state index in [0.29, 0.717) is 4.75 Å². The standard InChI is InChI=1S/C12H19BrN4S/c1-3-14-10-9(13)11(17-8-16-10)15-7-12(18-2)5-4-6-12/h8H,3-7H2,1-2H3,(H2,14,15,16,17). The Morgan fingerprint density at radius 3 is 2.50 bits per heavy atom. The van der Waals surface area contributed by atoms with Crippen LogP contribution in [0.2, 0.25) is 0 Å². The van der Waals surface area contributed by atoms with E-state index in [4.69, 9.17) is 0 Å². The minimum Gasteiger partial charge on any atom is -0.369 e. The molecule has 0 spiro atoms. The highest BCUT2D eigenvalue weighted by atomic mass is 79.9. The van der Waals surface area contributed by atoms with E-state index in [-0.39, 0.29) is 0 Å². The molecule has 1 fully saturated rings. The highest BCUT2D eigenvalue weighted by Crippen LogP contribution is 2.43. The molecule has 0 aliphatic heterocycles. The Kier molecular flexibility index (Phi) is 4.72. The fraction of sp³-hybridized carbons (Fsp3) is 0.667. The van der Waals surface area contributed by atoms with Gasteiger partial charge in [0.1, 0.15) is 22.4 Å². The predicted molar refractivity (Wildman–Crippen MR) is 82.5 cm³/mol. The number of nitrogens with zero attached hydrogens (tertiary/aromatic N) is 2. The minimum atomic E-state index is 0.405. The fourth-order valence-corrected chi connectivity index (χ4v) is 3.45. The Morgan fingerprint density at radius 1 is 1.33 bits per heavy atom. The summed E-state index contributed by atoms with van der Waals surface area (Å²) >= 11 is 5.52. The van der Waals surface area contributed by atoms with Crippen molar-refractivity contribution in [1.29, 1.82) is 0 Å². The van der Waals surface area contributed by atoms with Gasteiger partial charge >= 0.3 is 0 Å². The Morgan fingerprint density at radius 2 is 2.00 bits per heavy atom. The first kappa shape index (κ1) is 13.9. The van der Waals surface area contributed by atoms with Gasteiger partial charge in [0.2, 0.25) is 0 Å². The van der Waals surface area contributed by atoms with Gasteiger partial charge in [-0.1, -0.05) is 6.42 Å². The number of anilines is 2. The van der Waals surface area contributed by atoms with Crippen LogP contribution in [-0.4, -0.2) is 34.1 Å². The summed E-state index contributed by atoms with van der Waals surface area (Å²) in [5.74, 6) is 1.73. The number of halogens is 1. The molecule has 18 heavy (non-hydrogen) atoms. The summed E-state index contributed by atoms with van der Waals surface area (Å²) in [7, 11) is 0. The van der Waals surface area contributed by atoms with Crippen LogP contribution in [0.3, 0.4) is 0 Å². The number of thioether (sulfide) groups is 1. The monoisotopic (exact) mass is 330 g/mol. The lowest BCUT2D eigenvalue weighted by atomic mass is 9.84. The van der Waals surface area contributed by atoms with Crippen molar-refractivity contribution in [2.75, 3.05) is 30.0 Å². The first-order valence-corrected chi connectivity index (χ1v) is 8.26. The van der Waals surface area contributed by atoms with Gasteiger partial charge in [0.05, 0.1) is 0 Å². The van der Waals surface area contributed by atoms with Crippen molar-refractivity contribution in [3.05, 3.63) is 10.8 Å². The number of nitrogens with one attached hydrogen (secondary N) is 2. The molecule has 4 nitrogen and oxygen atoms in total. The van der Waals surface area contributed by atoms with Gasteiger partial charge < -0.3 is 10.6 Å². The van der Waals surface area contributed by atoms with E-state index >= 15 is 0 Å². The van der Waals surface area contributed by atoms with Crippen LogP contribution in [0.5, 0.6) is 0 Å². The van der Waals surface area contributed by atoms with Gasteiger partial charge in [-0.15, -0.1) is 0 Å². The van der Waals surface area contributed by atoms with Crippen LogP contribution in [0.25, 0.3) is 0 Å². The molecule has 0 atom stereocenters. The second-order valence-electron chi connectivity index (χ2n) is 4.51. The van der Waals surface area contributed by atoms with Crippen molar-refractivity contribution in [1.82, 2.24) is 9.97 Å². The van der Waals surface area contributed by atoms with Crippen LogP contribution < -0.4 is 10.6 Å². The molecule has 0 amide bonds. The maximum atomic E-state index is 4.30. The summed E-state index contributed by atoms with van der Waals surface area (Å²) in [5, 5.41) is 6.66. The Hall–Kier alpha value is -0.490. The third-order valence-electron chi connectivity index (χ3n) is 3.41. The summed E-state index contributed by atoms with van der Waals surface area (Å²) in [6.45, 7) is 3.87. The second-order valence-corrected chi connectivity index (χ2v) is 6.58. The molecule has 6 heteroatoms. The lowest BCUT2D eigenvalue weighted by molar-refractivity contribution is 0.379.